The Labute approximate surface area is 153 Å². The van der Waals surface area contributed by atoms with Crippen molar-refractivity contribution in [1.29, 1.82) is 0 Å². The second-order valence-electron chi connectivity index (χ2n) is 5.38. The molecule has 9 nitrogen and oxygen atoms in total. The maximum atomic E-state index is 12.5. The van der Waals surface area contributed by atoms with Gasteiger partial charge in [-0.3, -0.25) is 19.4 Å². The number of nitrogens with one attached hydrogen (secondary N) is 2. The van der Waals surface area contributed by atoms with E-state index in [1.165, 1.54) is 25.1 Å². The van der Waals surface area contributed by atoms with Crippen molar-refractivity contribution in [2.24, 2.45) is 10.2 Å². The fraction of sp³-hybridized carbons (Fsp3) is 0.375. The van der Waals surface area contributed by atoms with Crippen LogP contribution in [-0.4, -0.2) is 34.9 Å². The standard InChI is InChI=1S/C16H18N4O5S/c1-3-4-13(22)18-10-5-6-12(25-9(2)21)11(7-10)15(23)19-16-17-8-14(20-24)26-16/h5-7,14H,3-4,8H2,1-2H3,(H,18,22)(H,17,19,23). The quantitative estimate of drug-likeness (QED) is 0.444. The third-order valence-electron chi connectivity index (χ3n) is 3.22. The molecule has 2 rings (SSSR count). The Morgan fingerprint density at radius 2 is 2.12 bits per heavy atom. The Hall–Kier alpha value is -2.75. The van der Waals surface area contributed by atoms with Gasteiger partial charge >= 0.3 is 5.97 Å². The summed E-state index contributed by atoms with van der Waals surface area (Å²) in [7, 11) is 0. The van der Waals surface area contributed by atoms with Gasteiger partial charge in [0.05, 0.1) is 12.1 Å². The second kappa shape index (κ2) is 9.09. The van der Waals surface area contributed by atoms with Gasteiger partial charge in [0.2, 0.25) is 5.91 Å². The number of ether oxygens (including phenoxy) is 1. The Morgan fingerprint density at radius 1 is 1.35 bits per heavy atom. The zero-order valence-corrected chi connectivity index (χ0v) is 15.1. The van der Waals surface area contributed by atoms with E-state index in [-0.39, 0.29) is 28.9 Å². The highest BCUT2D eigenvalue weighted by molar-refractivity contribution is 8.14. The molecule has 0 saturated carbocycles. The van der Waals surface area contributed by atoms with Crippen molar-refractivity contribution in [3.05, 3.63) is 28.7 Å². The molecule has 0 aliphatic carbocycles. The van der Waals surface area contributed by atoms with Crippen LogP contribution in [-0.2, 0) is 9.59 Å². The zero-order valence-electron chi connectivity index (χ0n) is 14.3. The van der Waals surface area contributed by atoms with Crippen LogP contribution in [0.25, 0.3) is 0 Å². The number of carbonyl (C=O) groups excluding carboxylic acids is 3. The van der Waals surface area contributed by atoms with E-state index in [0.29, 0.717) is 18.5 Å². The summed E-state index contributed by atoms with van der Waals surface area (Å²) in [5, 5.41) is 7.78. The maximum absolute atomic E-state index is 12.5. The van der Waals surface area contributed by atoms with E-state index < -0.39 is 17.3 Å². The third kappa shape index (κ3) is 5.38. The summed E-state index contributed by atoms with van der Waals surface area (Å²) < 4.78 is 5.05. The molecule has 26 heavy (non-hydrogen) atoms. The van der Waals surface area contributed by atoms with E-state index in [1.807, 2.05) is 6.92 Å². The number of esters is 1. The number of amides is 2. The number of thioether (sulfide) groups is 1. The molecule has 10 heteroatoms. The minimum absolute atomic E-state index is 0.0529. The molecule has 0 fully saturated rings. The number of carbonyl (C=O) groups is 3. The van der Waals surface area contributed by atoms with Crippen LogP contribution < -0.4 is 15.4 Å². The van der Waals surface area contributed by atoms with Crippen LogP contribution in [0.2, 0.25) is 0 Å². The highest BCUT2D eigenvalue weighted by Gasteiger charge is 2.24. The average molecular weight is 378 g/mol. The topological polar surface area (TPSA) is 126 Å². The van der Waals surface area contributed by atoms with E-state index in [1.54, 1.807) is 0 Å². The van der Waals surface area contributed by atoms with Crippen LogP contribution in [0.1, 0.15) is 37.0 Å². The molecule has 2 amide bonds. The Morgan fingerprint density at radius 3 is 2.73 bits per heavy atom. The molecular weight excluding hydrogens is 360 g/mol. The van der Waals surface area contributed by atoms with Crippen LogP contribution >= 0.6 is 11.8 Å². The number of benzene rings is 1. The van der Waals surface area contributed by atoms with Gasteiger partial charge in [-0.1, -0.05) is 23.9 Å². The molecule has 1 atom stereocenters. The van der Waals surface area contributed by atoms with Crippen molar-refractivity contribution in [3.8, 4) is 5.75 Å². The van der Waals surface area contributed by atoms with Crippen molar-refractivity contribution in [2.45, 2.75) is 32.1 Å². The third-order valence-corrected chi connectivity index (χ3v) is 4.18. The Balaban J connectivity index is 2.21. The number of aliphatic imine (C=N–C) groups is 1. The molecule has 1 heterocycles. The van der Waals surface area contributed by atoms with Gasteiger partial charge in [-0.25, -0.2) is 0 Å². The molecule has 0 aromatic heterocycles. The molecule has 0 radical (unpaired) electrons. The van der Waals surface area contributed by atoms with Gasteiger partial charge in [-0.15, -0.1) is 4.91 Å². The van der Waals surface area contributed by atoms with Gasteiger partial charge in [0.15, 0.2) is 10.5 Å². The van der Waals surface area contributed by atoms with Gasteiger partial charge < -0.3 is 15.4 Å². The summed E-state index contributed by atoms with van der Waals surface area (Å²) in [6, 6.07) is 4.38. The molecule has 2 N–H and O–H groups in total. The first-order chi connectivity index (χ1) is 12.4. The maximum Gasteiger partial charge on any atom is 0.308 e. The molecule has 0 spiro atoms. The van der Waals surface area contributed by atoms with Crippen LogP contribution in [0, 0.1) is 4.91 Å². The fourth-order valence-electron chi connectivity index (χ4n) is 2.13. The summed E-state index contributed by atoms with van der Waals surface area (Å²) in [5.41, 5.74) is 0.457. The fourth-order valence-corrected chi connectivity index (χ4v) is 2.88. The molecule has 1 aliphatic rings. The van der Waals surface area contributed by atoms with Crippen molar-refractivity contribution in [1.82, 2.24) is 5.32 Å². The van der Waals surface area contributed by atoms with Gasteiger partial charge in [0.25, 0.3) is 5.91 Å². The summed E-state index contributed by atoms with van der Waals surface area (Å²) in [6.07, 6.45) is 1.04. The molecule has 1 unspecified atom stereocenters. The highest BCUT2D eigenvalue weighted by atomic mass is 32.2. The number of rotatable bonds is 6. The van der Waals surface area contributed by atoms with E-state index >= 15 is 0 Å². The molecule has 1 aromatic rings. The van der Waals surface area contributed by atoms with Crippen LogP contribution in [0.5, 0.6) is 5.75 Å². The first-order valence-corrected chi connectivity index (χ1v) is 8.78. The van der Waals surface area contributed by atoms with E-state index in [2.05, 4.69) is 20.8 Å². The number of nitroso groups, excluding NO2 is 1. The predicted molar refractivity (Wildman–Crippen MR) is 98.2 cm³/mol. The SMILES string of the molecule is CCCC(=O)Nc1ccc(OC(C)=O)c(C(=O)NC2=NCC(N=O)S2)c1. The van der Waals surface area contributed by atoms with Crippen molar-refractivity contribution in [3.63, 3.8) is 0 Å². The number of amidine groups is 1. The number of hydrogen-bond acceptors (Lipinski definition) is 8. The lowest BCUT2D eigenvalue weighted by Gasteiger charge is -2.12. The Kier molecular flexibility index (Phi) is 6.84. The molecule has 1 aromatic carbocycles. The summed E-state index contributed by atoms with van der Waals surface area (Å²) in [5.74, 6) is -1.29. The summed E-state index contributed by atoms with van der Waals surface area (Å²) in [6.45, 7) is 3.28. The van der Waals surface area contributed by atoms with E-state index in [9.17, 15) is 19.3 Å². The predicted octanol–water partition coefficient (Wildman–Crippen LogP) is 2.28. The lowest BCUT2D eigenvalue weighted by Crippen LogP contribution is -2.28. The lowest BCUT2D eigenvalue weighted by atomic mass is 10.1. The smallest absolute Gasteiger partial charge is 0.308 e. The summed E-state index contributed by atoms with van der Waals surface area (Å²) in [4.78, 5) is 50.1. The van der Waals surface area contributed by atoms with E-state index in [0.717, 1.165) is 11.8 Å². The monoisotopic (exact) mass is 378 g/mol. The lowest BCUT2D eigenvalue weighted by molar-refractivity contribution is -0.131. The van der Waals surface area contributed by atoms with Crippen LogP contribution in [0.4, 0.5) is 5.69 Å². The minimum atomic E-state index is -0.584. The normalized spacial score (nSPS) is 15.8. The number of nitrogens with zero attached hydrogens (tertiary/aromatic N) is 2. The largest absolute Gasteiger partial charge is 0.426 e. The van der Waals surface area contributed by atoms with Crippen molar-refractivity contribution < 1.29 is 19.1 Å². The first-order valence-electron chi connectivity index (χ1n) is 7.90. The van der Waals surface area contributed by atoms with Gasteiger partial charge in [-0.2, -0.15) is 0 Å². The second-order valence-corrected chi connectivity index (χ2v) is 6.55. The van der Waals surface area contributed by atoms with Gasteiger partial charge in [0.1, 0.15) is 5.75 Å². The van der Waals surface area contributed by atoms with E-state index in [4.69, 9.17) is 4.74 Å². The van der Waals surface area contributed by atoms with Crippen LogP contribution in [0.15, 0.2) is 28.4 Å². The highest BCUT2D eigenvalue weighted by Crippen LogP contribution is 2.25. The van der Waals surface area contributed by atoms with Crippen LogP contribution in [0.3, 0.4) is 0 Å². The molecule has 138 valence electrons. The summed E-state index contributed by atoms with van der Waals surface area (Å²) >= 11 is 1.04. The molecule has 0 saturated heterocycles. The van der Waals surface area contributed by atoms with Crippen molar-refractivity contribution in [2.75, 3.05) is 11.9 Å². The Bertz CT molecular complexity index is 765. The molecular formula is C16H18N4O5S. The van der Waals surface area contributed by atoms with Crippen molar-refractivity contribution >= 4 is 40.4 Å². The van der Waals surface area contributed by atoms with Gasteiger partial charge in [0, 0.05) is 19.0 Å². The molecule has 1 aliphatic heterocycles. The molecule has 0 bridgehead atoms. The number of hydrogen-bond donors (Lipinski definition) is 2. The average Bonchev–Trinajstić information content (AvgIpc) is 3.03. The number of anilines is 1. The minimum Gasteiger partial charge on any atom is -0.426 e. The zero-order chi connectivity index (χ0) is 19.1. The van der Waals surface area contributed by atoms with Gasteiger partial charge in [-0.05, 0) is 24.6 Å². The first kappa shape index (κ1) is 19.6.